The summed E-state index contributed by atoms with van der Waals surface area (Å²) in [7, 11) is 1.68. The van der Waals surface area contributed by atoms with E-state index in [-0.39, 0.29) is 28.1 Å². The molecule has 128 valence electrons. The molecule has 7 nitrogen and oxygen atoms in total. The van der Waals surface area contributed by atoms with Crippen molar-refractivity contribution in [3.63, 3.8) is 0 Å². The van der Waals surface area contributed by atoms with Crippen LogP contribution in [0.4, 0.5) is 5.69 Å². The molecule has 0 atom stereocenters. The number of aromatic carboxylic acids is 1. The quantitative estimate of drug-likeness (QED) is 0.863. The SMILES string of the molecule is Cc1c(Cl)c(C(=O)Nc2cc(C(=O)O)ccc2OC(C)C)nn1C. The molecule has 2 rings (SSSR count). The summed E-state index contributed by atoms with van der Waals surface area (Å²) in [5.41, 5.74) is 0.991. The number of carboxylic acids is 1. The van der Waals surface area contributed by atoms with Gasteiger partial charge in [-0.15, -0.1) is 0 Å². The van der Waals surface area contributed by atoms with Gasteiger partial charge in [-0.1, -0.05) is 11.6 Å². The molecule has 0 radical (unpaired) electrons. The topological polar surface area (TPSA) is 93.5 Å². The molecule has 0 saturated carbocycles. The van der Waals surface area contributed by atoms with Crippen molar-refractivity contribution in [2.75, 3.05) is 5.32 Å². The van der Waals surface area contributed by atoms with Crippen molar-refractivity contribution < 1.29 is 19.4 Å². The van der Waals surface area contributed by atoms with Crippen LogP contribution >= 0.6 is 11.6 Å². The summed E-state index contributed by atoms with van der Waals surface area (Å²) in [5, 5.41) is 16.1. The van der Waals surface area contributed by atoms with Crippen LogP contribution in [0, 0.1) is 6.92 Å². The second-order valence-corrected chi connectivity index (χ2v) is 5.89. The van der Waals surface area contributed by atoms with Gasteiger partial charge in [-0.2, -0.15) is 5.10 Å². The number of rotatable bonds is 5. The van der Waals surface area contributed by atoms with Gasteiger partial charge < -0.3 is 15.2 Å². The van der Waals surface area contributed by atoms with E-state index in [9.17, 15) is 9.59 Å². The van der Waals surface area contributed by atoms with Crippen LogP contribution in [-0.4, -0.2) is 32.9 Å². The minimum absolute atomic E-state index is 0.0321. The number of amides is 1. The van der Waals surface area contributed by atoms with Crippen LogP contribution in [0.3, 0.4) is 0 Å². The Morgan fingerprint density at radius 1 is 1.38 bits per heavy atom. The van der Waals surface area contributed by atoms with E-state index in [4.69, 9.17) is 21.4 Å². The fourth-order valence-corrected chi connectivity index (χ4v) is 2.27. The summed E-state index contributed by atoms with van der Waals surface area (Å²) >= 11 is 6.11. The number of anilines is 1. The van der Waals surface area contributed by atoms with Gasteiger partial charge in [0.05, 0.1) is 28.1 Å². The first kappa shape index (κ1) is 17.8. The maximum atomic E-state index is 12.4. The van der Waals surface area contributed by atoms with Crippen LogP contribution in [0.1, 0.15) is 40.4 Å². The number of nitrogens with zero attached hydrogens (tertiary/aromatic N) is 2. The van der Waals surface area contributed by atoms with Crippen molar-refractivity contribution in [1.82, 2.24) is 9.78 Å². The minimum atomic E-state index is -1.10. The Morgan fingerprint density at radius 2 is 2.04 bits per heavy atom. The molecule has 2 N–H and O–H groups in total. The number of aryl methyl sites for hydroxylation is 1. The highest BCUT2D eigenvalue weighted by atomic mass is 35.5. The number of hydrogen-bond donors (Lipinski definition) is 2. The molecule has 0 aliphatic heterocycles. The molecule has 0 unspecified atom stereocenters. The number of aromatic nitrogens is 2. The Kier molecular flexibility index (Phi) is 5.14. The molecular weight excluding hydrogens is 334 g/mol. The molecule has 1 heterocycles. The number of halogens is 1. The Morgan fingerprint density at radius 3 is 2.54 bits per heavy atom. The van der Waals surface area contributed by atoms with Gasteiger partial charge in [0.25, 0.3) is 5.91 Å². The average molecular weight is 352 g/mol. The lowest BCUT2D eigenvalue weighted by Gasteiger charge is -2.15. The molecule has 0 saturated heterocycles. The van der Waals surface area contributed by atoms with Crippen molar-refractivity contribution in [2.45, 2.75) is 26.9 Å². The molecule has 0 aliphatic carbocycles. The van der Waals surface area contributed by atoms with Crippen molar-refractivity contribution in [1.29, 1.82) is 0 Å². The number of benzene rings is 1. The molecule has 0 spiro atoms. The molecule has 0 fully saturated rings. The van der Waals surface area contributed by atoms with E-state index in [0.717, 1.165) is 0 Å². The molecule has 24 heavy (non-hydrogen) atoms. The summed E-state index contributed by atoms with van der Waals surface area (Å²) in [4.78, 5) is 23.6. The third-order valence-corrected chi connectivity index (χ3v) is 3.77. The van der Waals surface area contributed by atoms with Gasteiger partial charge in [-0.05, 0) is 39.0 Å². The minimum Gasteiger partial charge on any atom is -0.489 e. The second kappa shape index (κ2) is 6.92. The number of nitrogens with one attached hydrogen (secondary N) is 1. The van der Waals surface area contributed by atoms with E-state index in [1.165, 1.54) is 22.9 Å². The number of hydrogen-bond acceptors (Lipinski definition) is 4. The molecule has 0 bridgehead atoms. The number of ether oxygens (including phenoxy) is 1. The van der Waals surface area contributed by atoms with Crippen LogP contribution < -0.4 is 10.1 Å². The Labute approximate surface area is 144 Å². The van der Waals surface area contributed by atoms with E-state index in [1.807, 2.05) is 13.8 Å². The van der Waals surface area contributed by atoms with Crippen molar-refractivity contribution >= 4 is 29.2 Å². The fourth-order valence-electron chi connectivity index (χ4n) is 2.03. The standard InChI is InChI=1S/C16H18ClN3O4/c1-8(2)24-12-6-5-10(16(22)23)7-11(12)18-15(21)14-13(17)9(3)20(4)19-14/h5-8H,1-4H3,(H,18,21)(H,22,23). The molecule has 0 aliphatic rings. The highest BCUT2D eigenvalue weighted by Crippen LogP contribution is 2.28. The van der Waals surface area contributed by atoms with Gasteiger partial charge in [-0.25, -0.2) is 4.79 Å². The Bertz CT molecular complexity index is 799. The van der Waals surface area contributed by atoms with Crippen LogP contribution in [-0.2, 0) is 7.05 Å². The summed E-state index contributed by atoms with van der Waals surface area (Å²) in [6.45, 7) is 5.40. The summed E-state index contributed by atoms with van der Waals surface area (Å²) < 4.78 is 7.11. The van der Waals surface area contributed by atoms with E-state index >= 15 is 0 Å². The third-order valence-electron chi connectivity index (χ3n) is 3.31. The monoisotopic (exact) mass is 351 g/mol. The second-order valence-electron chi connectivity index (χ2n) is 5.51. The first-order valence-electron chi connectivity index (χ1n) is 7.25. The average Bonchev–Trinajstić information content (AvgIpc) is 2.76. The predicted molar refractivity (Wildman–Crippen MR) is 90.1 cm³/mol. The fraction of sp³-hybridized carbons (Fsp3) is 0.312. The molecule has 2 aromatic rings. The maximum Gasteiger partial charge on any atom is 0.335 e. The van der Waals surface area contributed by atoms with E-state index in [0.29, 0.717) is 11.4 Å². The lowest BCUT2D eigenvalue weighted by molar-refractivity contribution is 0.0696. The Hall–Kier alpha value is -2.54. The van der Waals surface area contributed by atoms with Crippen LogP contribution in [0.25, 0.3) is 0 Å². The zero-order valence-corrected chi connectivity index (χ0v) is 14.5. The number of carbonyl (C=O) groups is 2. The van der Waals surface area contributed by atoms with Crippen molar-refractivity contribution in [3.05, 3.63) is 40.2 Å². The zero-order valence-electron chi connectivity index (χ0n) is 13.8. The molecule has 8 heteroatoms. The van der Waals surface area contributed by atoms with E-state index in [2.05, 4.69) is 10.4 Å². The Balaban J connectivity index is 2.38. The van der Waals surface area contributed by atoms with Crippen LogP contribution in [0.2, 0.25) is 5.02 Å². The largest absolute Gasteiger partial charge is 0.489 e. The van der Waals surface area contributed by atoms with Crippen LogP contribution in [0.5, 0.6) is 5.75 Å². The van der Waals surface area contributed by atoms with Gasteiger partial charge in [-0.3, -0.25) is 9.48 Å². The molecule has 1 aromatic carbocycles. The van der Waals surface area contributed by atoms with Gasteiger partial charge in [0.1, 0.15) is 5.75 Å². The molecular formula is C16H18ClN3O4. The lowest BCUT2D eigenvalue weighted by Crippen LogP contribution is -2.16. The summed E-state index contributed by atoms with van der Waals surface area (Å²) in [5.74, 6) is -1.28. The predicted octanol–water partition coefficient (Wildman–Crippen LogP) is 3.12. The smallest absolute Gasteiger partial charge is 0.335 e. The molecule has 1 amide bonds. The first-order valence-corrected chi connectivity index (χ1v) is 7.63. The van der Waals surface area contributed by atoms with Gasteiger partial charge >= 0.3 is 5.97 Å². The van der Waals surface area contributed by atoms with Gasteiger partial charge in [0.2, 0.25) is 0 Å². The van der Waals surface area contributed by atoms with Gasteiger partial charge in [0.15, 0.2) is 5.69 Å². The van der Waals surface area contributed by atoms with E-state index in [1.54, 1.807) is 14.0 Å². The lowest BCUT2D eigenvalue weighted by atomic mass is 10.1. The van der Waals surface area contributed by atoms with Crippen LogP contribution in [0.15, 0.2) is 18.2 Å². The van der Waals surface area contributed by atoms with Crippen molar-refractivity contribution in [2.24, 2.45) is 7.05 Å². The normalized spacial score (nSPS) is 10.8. The van der Waals surface area contributed by atoms with Crippen molar-refractivity contribution in [3.8, 4) is 5.75 Å². The third kappa shape index (κ3) is 3.68. The molecule has 1 aromatic heterocycles. The number of carboxylic acid groups (broad SMARTS) is 1. The highest BCUT2D eigenvalue weighted by molar-refractivity contribution is 6.34. The van der Waals surface area contributed by atoms with Gasteiger partial charge in [0, 0.05) is 7.05 Å². The summed E-state index contributed by atoms with van der Waals surface area (Å²) in [6, 6.07) is 4.25. The zero-order chi connectivity index (χ0) is 18.0. The first-order chi connectivity index (χ1) is 11.2. The summed E-state index contributed by atoms with van der Waals surface area (Å²) in [6.07, 6.45) is -0.142. The van der Waals surface area contributed by atoms with E-state index < -0.39 is 11.9 Å². The highest BCUT2D eigenvalue weighted by Gasteiger charge is 2.20. The number of carbonyl (C=O) groups excluding carboxylic acids is 1. The maximum absolute atomic E-state index is 12.4.